The van der Waals surface area contributed by atoms with E-state index >= 15 is 0 Å². The number of halogens is 1. The highest BCUT2D eigenvalue weighted by atomic mass is 127. The number of nitrogens with two attached hydrogens (primary N) is 1. The summed E-state index contributed by atoms with van der Waals surface area (Å²) >= 11 is 0. The third-order valence-electron chi connectivity index (χ3n) is 3.69. The van der Waals surface area contributed by atoms with Crippen molar-refractivity contribution in [1.82, 2.24) is 14.7 Å². The number of carbonyl (C=O) groups excluding carboxylic acids is 1. The number of likely N-dealkylation sites (N-methyl/N-ethyl adjacent to an activating group) is 1. The normalized spacial score (nSPS) is 16.0. The summed E-state index contributed by atoms with van der Waals surface area (Å²) in [6.45, 7) is 11.2. The molecule has 0 unspecified atom stereocenters. The fourth-order valence-electron chi connectivity index (χ4n) is 2.24. The first kappa shape index (κ1) is 24.2. The Kier molecular flexibility index (Phi) is 11.4. The van der Waals surface area contributed by atoms with Crippen molar-refractivity contribution in [2.75, 3.05) is 66.6 Å². The molecule has 0 bridgehead atoms. The number of piperazine rings is 1. The summed E-state index contributed by atoms with van der Waals surface area (Å²) in [6, 6.07) is 0. The van der Waals surface area contributed by atoms with E-state index in [1.54, 1.807) is 12.0 Å². The van der Waals surface area contributed by atoms with Gasteiger partial charge in [0.25, 0.3) is 0 Å². The molecule has 1 rings (SSSR count). The van der Waals surface area contributed by atoms with Crippen molar-refractivity contribution in [3.05, 3.63) is 0 Å². The van der Waals surface area contributed by atoms with E-state index in [9.17, 15) is 4.79 Å². The number of ether oxygens (including phenoxy) is 2. The molecule has 8 nitrogen and oxygen atoms in total. The molecule has 2 N–H and O–H groups in total. The van der Waals surface area contributed by atoms with E-state index in [1.165, 1.54) is 0 Å². The molecule has 1 amide bonds. The van der Waals surface area contributed by atoms with Crippen LogP contribution < -0.4 is 5.73 Å². The van der Waals surface area contributed by atoms with Gasteiger partial charge in [0.1, 0.15) is 5.60 Å². The predicted octanol–water partition coefficient (Wildman–Crippen LogP) is 1.05. The molecule has 0 aromatic rings. The molecule has 1 aliphatic heterocycles. The quantitative estimate of drug-likeness (QED) is 0.354. The molecule has 9 heteroatoms. The second-order valence-electron chi connectivity index (χ2n) is 6.99. The molecular weight excluding hydrogens is 437 g/mol. The van der Waals surface area contributed by atoms with Crippen LogP contribution in [-0.2, 0) is 9.47 Å². The van der Waals surface area contributed by atoms with Gasteiger partial charge < -0.3 is 29.9 Å². The average Bonchev–Trinajstić information content (AvgIpc) is 2.51. The second kappa shape index (κ2) is 11.7. The minimum absolute atomic E-state index is 0. The summed E-state index contributed by atoms with van der Waals surface area (Å²) in [7, 11) is 3.73. The van der Waals surface area contributed by atoms with E-state index in [-0.39, 0.29) is 30.1 Å². The summed E-state index contributed by atoms with van der Waals surface area (Å²) in [6.07, 6.45) is -0.266. The number of hydrogen-bond donors (Lipinski definition) is 1. The summed E-state index contributed by atoms with van der Waals surface area (Å²) in [5, 5.41) is 0. The van der Waals surface area contributed by atoms with Gasteiger partial charge in [-0.1, -0.05) is 0 Å². The minimum Gasteiger partial charge on any atom is -0.444 e. The highest BCUT2D eigenvalue weighted by Crippen LogP contribution is 2.11. The van der Waals surface area contributed by atoms with Crippen LogP contribution in [0.15, 0.2) is 4.99 Å². The molecule has 0 atom stereocenters. The molecule has 0 spiro atoms. The number of methoxy groups -OCH3 is 1. The fourth-order valence-corrected chi connectivity index (χ4v) is 2.24. The Morgan fingerprint density at radius 3 is 2.24 bits per heavy atom. The number of rotatable bonds is 6. The highest BCUT2D eigenvalue weighted by Gasteiger charge is 2.26. The molecule has 1 saturated heterocycles. The van der Waals surface area contributed by atoms with Crippen LogP contribution in [0.2, 0.25) is 0 Å². The van der Waals surface area contributed by atoms with Gasteiger partial charge in [-0.15, -0.1) is 24.0 Å². The van der Waals surface area contributed by atoms with Crippen molar-refractivity contribution in [3.8, 4) is 0 Å². The zero-order chi connectivity index (χ0) is 18.2. The largest absolute Gasteiger partial charge is 0.444 e. The molecule has 25 heavy (non-hydrogen) atoms. The maximum atomic E-state index is 12.0. The van der Waals surface area contributed by atoms with Gasteiger partial charge in [0.05, 0.1) is 13.2 Å². The minimum atomic E-state index is -0.469. The number of nitrogens with zero attached hydrogens (tertiary/aromatic N) is 4. The van der Waals surface area contributed by atoms with Gasteiger partial charge in [-0.3, -0.25) is 4.99 Å². The van der Waals surface area contributed by atoms with Gasteiger partial charge in [-0.05, 0) is 27.8 Å². The third-order valence-corrected chi connectivity index (χ3v) is 3.69. The van der Waals surface area contributed by atoms with Crippen molar-refractivity contribution in [2.45, 2.75) is 26.4 Å². The van der Waals surface area contributed by atoms with Gasteiger partial charge in [-0.2, -0.15) is 0 Å². The van der Waals surface area contributed by atoms with Crippen LogP contribution in [0.5, 0.6) is 0 Å². The Morgan fingerprint density at radius 2 is 1.72 bits per heavy atom. The molecular formula is C16H34IN5O3. The predicted molar refractivity (Wildman–Crippen MR) is 111 cm³/mol. The highest BCUT2D eigenvalue weighted by molar-refractivity contribution is 14.0. The van der Waals surface area contributed by atoms with Crippen LogP contribution in [0.25, 0.3) is 0 Å². The fraction of sp³-hybridized carbons (Fsp3) is 0.875. The topological polar surface area (TPSA) is 83.6 Å². The lowest BCUT2D eigenvalue weighted by Gasteiger charge is -2.36. The molecule has 1 heterocycles. The first-order valence-electron chi connectivity index (χ1n) is 8.43. The van der Waals surface area contributed by atoms with Crippen molar-refractivity contribution in [3.63, 3.8) is 0 Å². The second-order valence-corrected chi connectivity index (χ2v) is 6.99. The molecule has 1 aliphatic rings. The zero-order valence-electron chi connectivity index (χ0n) is 16.2. The lowest BCUT2D eigenvalue weighted by Crippen LogP contribution is -2.53. The van der Waals surface area contributed by atoms with Crippen molar-refractivity contribution >= 4 is 36.0 Å². The molecule has 0 saturated carbocycles. The third kappa shape index (κ3) is 10.0. The maximum Gasteiger partial charge on any atom is 0.410 e. The average molecular weight is 471 g/mol. The molecule has 0 radical (unpaired) electrons. The van der Waals surface area contributed by atoms with Crippen LogP contribution in [-0.4, -0.2) is 98.9 Å². The van der Waals surface area contributed by atoms with E-state index in [4.69, 9.17) is 15.2 Å². The number of carbonyl (C=O) groups is 1. The lowest BCUT2D eigenvalue weighted by molar-refractivity contribution is 0.0186. The van der Waals surface area contributed by atoms with Gasteiger partial charge in [0.2, 0.25) is 0 Å². The van der Waals surface area contributed by atoms with Crippen LogP contribution in [0.3, 0.4) is 0 Å². The summed E-state index contributed by atoms with van der Waals surface area (Å²) < 4.78 is 10.4. The Morgan fingerprint density at radius 1 is 1.16 bits per heavy atom. The van der Waals surface area contributed by atoms with Crippen LogP contribution in [0.1, 0.15) is 20.8 Å². The Hall–Kier alpha value is -0.810. The van der Waals surface area contributed by atoms with Gasteiger partial charge in [0.15, 0.2) is 5.96 Å². The number of guanidine groups is 1. The van der Waals surface area contributed by atoms with E-state index in [1.807, 2.05) is 32.7 Å². The van der Waals surface area contributed by atoms with Crippen LogP contribution >= 0.6 is 24.0 Å². The first-order chi connectivity index (χ1) is 11.2. The molecule has 0 aromatic carbocycles. The summed E-state index contributed by atoms with van der Waals surface area (Å²) in [5.41, 5.74) is 5.59. The van der Waals surface area contributed by atoms with Crippen molar-refractivity contribution in [2.24, 2.45) is 10.7 Å². The smallest absolute Gasteiger partial charge is 0.410 e. The SMILES string of the molecule is COCCN(C)CCN=C(N)N1CCN(C(=O)OC(C)(C)C)CC1.I. The van der Waals surface area contributed by atoms with Crippen LogP contribution in [0.4, 0.5) is 4.79 Å². The number of amides is 1. The van der Waals surface area contributed by atoms with Crippen molar-refractivity contribution < 1.29 is 14.3 Å². The zero-order valence-corrected chi connectivity index (χ0v) is 18.5. The standard InChI is InChI=1S/C16H33N5O3.HI/c1-16(2,3)24-15(22)21-10-8-20(9-11-21)14(17)18-6-7-19(4)12-13-23-5;/h6-13H2,1-5H3,(H2,17,18);1H. The Bertz CT molecular complexity index is 420. The summed E-state index contributed by atoms with van der Waals surface area (Å²) in [4.78, 5) is 22.3. The van der Waals surface area contributed by atoms with Crippen LogP contribution in [0, 0.1) is 0 Å². The van der Waals surface area contributed by atoms with Gasteiger partial charge >= 0.3 is 6.09 Å². The molecule has 1 fully saturated rings. The van der Waals surface area contributed by atoms with Crippen molar-refractivity contribution in [1.29, 1.82) is 0 Å². The summed E-state index contributed by atoms with van der Waals surface area (Å²) in [5.74, 6) is 0.541. The molecule has 148 valence electrons. The number of aliphatic imine (C=N–C) groups is 1. The first-order valence-corrected chi connectivity index (χ1v) is 8.43. The van der Waals surface area contributed by atoms with Gasteiger partial charge in [-0.25, -0.2) is 4.79 Å². The molecule has 0 aliphatic carbocycles. The Labute approximate surface area is 168 Å². The van der Waals surface area contributed by atoms with E-state index < -0.39 is 5.60 Å². The number of hydrogen-bond acceptors (Lipinski definition) is 5. The van der Waals surface area contributed by atoms with E-state index in [0.29, 0.717) is 45.3 Å². The van der Waals surface area contributed by atoms with E-state index in [0.717, 1.165) is 13.1 Å². The lowest BCUT2D eigenvalue weighted by atomic mass is 10.2. The molecule has 0 aromatic heterocycles. The van der Waals surface area contributed by atoms with E-state index in [2.05, 4.69) is 9.89 Å². The Balaban J connectivity index is 0.00000576. The monoisotopic (exact) mass is 471 g/mol. The maximum absolute atomic E-state index is 12.0. The van der Waals surface area contributed by atoms with Gasteiger partial charge in [0, 0.05) is 46.4 Å².